The van der Waals surface area contributed by atoms with Gasteiger partial charge >= 0.3 is 5.97 Å². The Balaban J connectivity index is 3.48. The molecule has 0 aliphatic heterocycles. The first-order valence-electron chi connectivity index (χ1n) is 3.15. The van der Waals surface area contributed by atoms with Gasteiger partial charge in [-0.2, -0.15) is 0 Å². The molecule has 3 nitrogen and oxygen atoms in total. The zero-order valence-corrected chi connectivity index (χ0v) is 6.00. The molecule has 58 valence electrons. The molecule has 0 aromatic rings. The summed E-state index contributed by atoms with van der Waals surface area (Å²) < 4.78 is 0. The second kappa shape index (κ2) is 4.99. The summed E-state index contributed by atoms with van der Waals surface area (Å²) >= 11 is 0. The molecule has 0 bridgehead atoms. The number of hydrogen-bond acceptors (Lipinski definition) is 2. The molecule has 0 rings (SSSR count). The van der Waals surface area contributed by atoms with Gasteiger partial charge < -0.3 is 10.2 Å². The first-order valence-corrected chi connectivity index (χ1v) is 3.15. The van der Waals surface area contributed by atoms with E-state index in [9.17, 15) is 4.79 Å². The van der Waals surface area contributed by atoms with Crippen molar-refractivity contribution in [2.75, 3.05) is 6.61 Å². The topological polar surface area (TPSA) is 57.5 Å². The van der Waals surface area contributed by atoms with Gasteiger partial charge in [-0.1, -0.05) is 11.6 Å². The molecule has 0 unspecified atom stereocenters. The minimum Gasteiger partial charge on any atom is -0.481 e. The van der Waals surface area contributed by atoms with Gasteiger partial charge in [0.1, 0.15) is 0 Å². The minimum atomic E-state index is -0.800. The van der Waals surface area contributed by atoms with Gasteiger partial charge in [0.15, 0.2) is 0 Å². The third-order valence-corrected chi connectivity index (χ3v) is 1.17. The summed E-state index contributed by atoms with van der Waals surface area (Å²) in [4.78, 5) is 10.0. The summed E-state index contributed by atoms with van der Waals surface area (Å²) in [6.45, 7) is 1.80. The lowest BCUT2D eigenvalue weighted by atomic mass is 10.1. The molecule has 0 aliphatic carbocycles. The number of rotatable bonds is 4. The third-order valence-electron chi connectivity index (χ3n) is 1.17. The highest BCUT2D eigenvalue weighted by atomic mass is 16.4. The van der Waals surface area contributed by atoms with E-state index in [2.05, 4.69) is 0 Å². The molecule has 0 fully saturated rings. The van der Waals surface area contributed by atoms with Crippen molar-refractivity contribution >= 4 is 5.97 Å². The summed E-state index contributed by atoms with van der Waals surface area (Å²) in [5.74, 6) is -0.800. The molecule has 0 aromatic heterocycles. The van der Waals surface area contributed by atoms with Gasteiger partial charge in [0.25, 0.3) is 0 Å². The van der Waals surface area contributed by atoms with Crippen LogP contribution in [0.2, 0.25) is 0 Å². The van der Waals surface area contributed by atoms with Crippen molar-refractivity contribution < 1.29 is 15.0 Å². The van der Waals surface area contributed by atoms with Crippen molar-refractivity contribution in [3.63, 3.8) is 0 Å². The second-order valence-electron chi connectivity index (χ2n) is 2.13. The van der Waals surface area contributed by atoms with Crippen LogP contribution in [0.15, 0.2) is 11.6 Å². The zero-order chi connectivity index (χ0) is 7.98. The standard InChI is InChI=1S/C7H12O3/c1-6(4-5-8)2-3-7(9)10/h4,8H,2-3,5H2,1H3,(H,9,10)/b6-4+. The van der Waals surface area contributed by atoms with Crippen LogP contribution in [0.1, 0.15) is 19.8 Å². The fraction of sp³-hybridized carbons (Fsp3) is 0.571. The maximum atomic E-state index is 10.0. The van der Waals surface area contributed by atoms with E-state index in [1.54, 1.807) is 13.0 Å². The van der Waals surface area contributed by atoms with Gasteiger partial charge in [-0.3, -0.25) is 4.79 Å². The van der Waals surface area contributed by atoms with Crippen LogP contribution in [0.4, 0.5) is 0 Å². The van der Waals surface area contributed by atoms with Gasteiger partial charge in [-0.25, -0.2) is 0 Å². The molecule has 0 radical (unpaired) electrons. The Morgan fingerprint density at radius 2 is 2.10 bits per heavy atom. The van der Waals surface area contributed by atoms with E-state index in [-0.39, 0.29) is 13.0 Å². The lowest BCUT2D eigenvalue weighted by Gasteiger charge is -1.94. The molecule has 0 saturated heterocycles. The molecule has 0 heterocycles. The van der Waals surface area contributed by atoms with Crippen molar-refractivity contribution in [2.24, 2.45) is 0 Å². The molecule has 2 N–H and O–H groups in total. The average molecular weight is 144 g/mol. The zero-order valence-electron chi connectivity index (χ0n) is 6.00. The summed E-state index contributed by atoms with van der Waals surface area (Å²) in [6.07, 6.45) is 2.28. The maximum absolute atomic E-state index is 10.0. The van der Waals surface area contributed by atoms with E-state index in [1.807, 2.05) is 0 Å². The minimum absolute atomic E-state index is 0.00848. The highest BCUT2D eigenvalue weighted by Gasteiger charge is 1.95. The van der Waals surface area contributed by atoms with Crippen LogP contribution in [0.5, 0.6) is 0 Å². The normalized spacial score (nSPS) is 11.6. The number of aliphatic hydroxyl groups is 1. The Labute approximate surface area is 60.0 Å². The van der Waals surface area contributed by atoms with Gasteiger partial charge in [0, 0.05) is 6.42 Å². The Kier molecular flexibility index (Phi) is 4.58. The molecule has 0 saturated carbocycles. The van der Waals surface area contributed by atoms with Crippen molar-refractivity contribution in [2.45, 2.75) is 19.8 Å². The fourth-order valence-electron chi connectivity index (χ4n) is 0.562. The maximum Gasteiger partial charge on any atom is 0.303 e. The monoisotopic (exact) mass is 144 g/mol. The molecular formula is C7H12O3. The number of hydrogen-bond donors (Lipinski definition) is 2. The van der Waals surface area contributed by atoms with Crippen molar-refractivity contribution in [1.82, 2.24) is 0 Å². The van der Waals surface area contributed by atoms with Crippen LogP contribution < -0.4 is 0 Å². The van der Waals surface area contributed by atoms with Gasteiger partial charge in [0.05, 0.1) is 6.61 Å². The summed E-state index contributed by atoms with van der Waals surface area (Å²) in [5, 5.41) is 16.6. The van der Waals surface area contributed by atoms with Crippen LogP contribution in [-0.4, -0.2) is 22.8 Å². The lowest BCUT2D eigenvalue weighted by molar-refractivity contribution is -0.136. The SMILES string of the molecule is C/C(=C\CO)CCC(=O)O. The van der Waals surface area contributed by atoms with Gasteiger partial charge in [-0.15, -0.1) is 0 Å². The van der Waals surface area contributed by atoms with Crippen molar-refractivity contribution in [1.29, 1.82) is 0 Å². The Morgan fingerprint density at radius 1 is 1.50 bits per heavy atom. The molecule has 0 atom stereocenters. The predicted molar refractivity (Wildman–Crippen MR) is 37.7 cm³/mol. The van der Waals surface area contributed by atoms with E-state index >= 15 is 0 Å². The van der Waals surface area contributed by atoms with Crippen molar-refractivity contribution in [3.05, 3.63) is 11.6 Å². The molecule has 0 amide bonds. The highest BCUT2D eigenvalue weighted by molar-refractivity contribution is 5.66. The lowest BCUT2D eigenvalue weighted by Crippen LogP contribution is -1.94. The van der Waals surface area contributed by atoms with Gasteiger partial charge in [0.2, 0.25) is 0 Å². The summed E-state index contributed by atoms with van der Waals surface area (Å²) in [5.41, 5.74) is 0.921. The third kappa shape index (κ3) is 5.31. The molecule has 0 spiro atoms. The van der Waals surface area contributed by atoms with Crippen LogP contribution in [0.25, 0.3) is 0 Å². The number of allylic oxidation sites excluding steroid dienone is 1. The smallest absolute Gasteiger partial charge is 0.303 e. The van der Waals surface area contributed by atoms with Crippen LogP contribution >= 0.6 is 0 Å². The number of aliphatic carboxylic acids is 1. The number of carboxylic acids is 1. The largest absolute Gasteiger partial charge is 0.481 e. The second-order valence-corrected chi connectivity index (χ2v) is 2.13. The Hall–Kier alpha value is -0.830. The predicted octanol–water partition coefficient (Wildman–Crippen LogP) is 0.790. The molecule has 3 heteroatoms. The number of aliphatic hydroxyl groups excluding tert-OH is 1. The van der Waals surface area contributed by atoms with E-state index in [0.717, 1.165) is 5.57 Å². The summed E-state index contributed by atoms with van der Waals surface area (Å²) in [7, 11) is 0. The van der Waals surface area contributed by atoms with Crippen molar-refractivity contribution in [3.8, 4) is 0 Å². The Morgan fingerprint density at radius 3 is 2.50 bits per heavy atom. The molecular weight excluding hydrogens is 132 g/mol. The quantitative estimate of drug-likeness (QED) is 0.573. The van der Waals surface area contributed by atoms with E-state index in [0.29, 0.717) is 6.42 Å². The number of carboxylic acid groups (broad SMARTS) is 1. The first kappa shape index (κ1) is 9.17. The van der Waals surface area contributed by atoms with Crippen LogP contribution in [0, 0.1) is 0 Å². The van der Waals surface area contributed by atoms with Crippen LogP contribution in [0.3, 0.4) is 0 Å². The molecule has 0 aliphatic rings. The molecule has 0 aromatic carbocycles. The highest BCUT2D eigenvalue weighted by Crippen LogP contribution is 2.02. The van der Waals surface area contributed by atoms with Gasteiger partial charge in [-0.05, 0) is 13.3 Å². The van der Waals surface area contributed by atoms with E-state index < -0.39 is 5.97 Å². The molecule has 10 heavy (non-hydrogen) atoms. The number of carbonyl (C=O) groups is 1. The summed E-state index contributed by atoms with van der Waals surface area (Å²) in [6, 6.07) is 0. The van der Waals surface area contributed by atoms with E-state index in [1.165, 1.54) is 0 Å². The first-order chi connectivity index (χ1) is 4.66. The Bertz CT molecular complexity index is 138. The van der Waals surface area contributed by atoms with Crippen LogP contribution in [-0.2, 0) is 4.79 Å². The fourth-order valence-corrected chi connectivity index (χ4v) is 0.562. The average Bonchev–Trinajstić information content (AvgIpc) is 1.85. The van der Waals surface area contributed by atoms with E-state index in [4.69, 9.17) is 10.2 Å².